The number of sulfonamides is 1. The Morgan fingerprint density at radius 1 is 0.974 bits per heavy atom. The molecule has 0 saturated heterocycles. The predicted octanol–water partition coefficient (Wildman–Crippen LogP) is 5.35. The fourth-order valence-corrected chi connectivity index (χ4v) is 5.45. The number of hydrogen-bond donors (Lipinski definition) is 2. The van der Waals surface area contributed by atoms with Crippen LogP contribution in [0.25, 0.3) is 16.9 Å². The minimum absolute atomic E-state index is 0.00442. The summed E-state index contributed by atoms with van der Waals surface area (Å²) in [6, 6.07) is 9.12. The number of pyridine rings is 1. The molecule has 194 valence electrons. The molecule has 15 heteroatoms. The molecule has 2 aromatic carbocycles. The average molecular weight is 577 g/mol. The minimum atomic E-state index is -4.37. The fraction of sp³-hybridized carbons (Fsp3) is 0.0870. The van der Waals surface area contributed by atoms with E-state index in [9.17, 15) is 12.8 Å². The van der Waals surface area contributed by atoms with Crippen LogP contribution in [0.15, 0.2) is 53.7 Å². The Hall–Kier alpha value is -3.94. The van der Waals surface area contributed by atoms with Crippen molar-refractivity contribution in [2.24, 2.45) is 0 Å². The van der Waals surface area contributed by atoms with Gasteiger partial charge in [-0.15, -0.1) is 5.10 Å². The molecule has 0 bridgehead atoms. The van der Waals surface area contributed by atoms with E-state index in [-0.39, 0.29) is 26.3 Å². The second-order valence-electron chi connectivity index (χ2n) is 7.94. The van der Waals surface area contributed by atoms with E-state index in [1.165, 1.54) is 29.2 Å². The van der Waals surface area contributed by atoms with Gasteiger partial charge in [0.15, 0.2) is 17.5 Å². The molecule has 0 saturated carbocycles. The number of nitrogens with zero attached hydrogens (tertiary/aromatic N) is 6. The lowest BCUT2D eigenvalue weighted by Gasteiger charge is -2.15. The second kappa shape index (κ2) is 9.74. The van der Waals surface area contributed by atoms with E-state index in [0.29, 0.717) is 23.0 Å². The summed E-state index contributed by atoms with van der Waals surface area (Å²) in [6.45, 7) is 3.48. The van der Waals surface area contributed by atoms with Crippen LogP contribution in [0.2, 0.25) is 10.0 Å². The van der Waals surface area contributed by atoms with Crippen LogP contribution in [0.1, 0.15) is 11.6 Å². The summed E-state index contributed by atoms with van der Waals surface area (Å²) in [6.07, 6.45) is 1.19. The number of rotatable bonds is 6. The molecule has 0 radical (unpaired) electrons. The van der Waals surface area contributed by atoms with Gasteiger partial charge in [-0.3, -0.25) is 4.72 Å². The quantitative estimate of drug-likeness (QED) is 0.277. The van der Waals surface area contributed by atoms with Crippen molar-refractivity contribution in [2.75, 3.05) is 10.0 Å². The minimum Gasteiger partial charge on any atom is -0.333 e. The van der Waals surface area contributed by atoms with Crippen LogP contribution >= 0.6 is 23.2 Å². The number of anilines is 3. The first kappa shape index (κ1) is 25.7. The highest BCUT2D eigenvalue weighted by atomic mass is 35.5. The number of aryl methyl sites for hydroxylation is 2. The fourth-order valence-electron chi connectivity index (χ4n) is 3.63. The van der Waals surface area contributed by atoms with E-state index in [1.807, 2.05) is 0 Å². The zero-order chi connectivity index (χ0) is 27.2. The molecule has 3 heterocycles. The van der Waals surface area contributed by atoms with Gasteiger partial charge in [-0.25, -0.2) is 37.1 Å². The van der Waals surface area contributed by atoms with Crippen molar-refractivity contribution in [1.82, 2.24) is 29.7 Å². The maximum Gasteiger partial charge on any atom is 0.263 e. The summed E-state index contributed by atoms with van der Waals surface area (Å²) < 4.78 is 59.6. The van der Waals surface area contributed by atoms with Crippen LogP contribution < -0.4 is 10.0 Å². The molecular formula is C23H16Cl2F2N8O2S. The van der Waals surface area contributed by atoms with Gasteiger partial charge in [0.05, 0.1) is 21.2 Å². The Morgan fingerprint density at radius 2 is 1.76 bits per heavy atom. The van der Waals surface area contributed by atoms with Crippen molar-refractivity contribution < 1.29 is 17.2 Å². The Bertz CT molecular complexity index is 1830. The van der Waals surface area contributed by atoms with E-state index < -0.39 is 33.0 Å². The van der Waals surface area contributed by atoms with Crippen LogP contribution in [-0.2, 0) is 10.0 Å². The highest BCUT2D eigenvalue weighted by Crippen LogP contribution is 2.34. The van der Waals surface area contributed by atoms with Gasteiger partial charge in [-0.2, -0.15) is 4.68 Å². The van der Waals surface area contributed by atoms with Crippen molar-refractivity contribution in [3.8, 4) is 5.82 Å². The third-order valence-electron chi connectivity index (χ3n) is 5.34. The molecule has 5 aromatic rings. The third kappa shape index (κ3) is 4.71. The molecule has 0 aliphatic rings. The number of fused-ring (bicyclic) bond motifs is 1. The summed E-state index contributed by atoms with van der Waals surface area (Å²) in [5.41, 5.74) is -0.630. The van der Waals surface area contributed by atoms with Crippen molar-refractivity contribution >= 4 is 61.5 Å². The van der Waals surface area contributed by atoms with Gasteiger partial charge in [0, 0.05) is 0 Å². The number of halogens is 4. The average Bonchev–Trinajstić information content (AvgIpc) is 3.22. The van der Waals surface area contributed by atoms with Crippen LogP contribution in [0.3, 0.4) is 0 Å². The molecular weight excluding hydrogens is 561 g/mol. The van der Waals surface area contributed by atoms with Gasteiger partial charge in [-0.05, 0) is 50.2 Å². The summed E-state index contributed by atoms with van der Waals surface area (Å²) >= 11 is 11.9. The van der Waals surface area contributed by atoms with Gasteiger partial charge in [0.1, 0.15) is 39.9 Å². The molecule has 0 fully saturated rings. The lowest BCUT2D eigenvalue weighted by atomic mass is 10.2. The lowest BCUT2D eigenvalue weighted by Crippen LogP contribution is -2.15. The molecule has 38 heavy (non-hydrogen) atoms. The number of benzene rings is 2. The van der Waals surface area contributed by atoms with Crippen molar-refractivity contribution in [3.05, 3.63) is 82.1 Å². The normalized spacial score (nSPS) is 11.6. The lowest BCUT2D eigenvalue weighted by molar-refractivity contribution is 0.588. The van der Waals surface area contributed by atoms with Crippen molar-refractivity contribution in [3.63, 3.8) is 0 Å². The zero-order valence-corrected chi connectivity index (χ0v) is 21.9. The van der Waals surface area contributed by atoms with E-state index >= 15 is 4.39 Å². The number of aromatic nitrogens is 6. The highest BCUT2D eigenvalue weighted by molar-refractivity contribution is 7.92. The van der Waals surface area contributed by atoms with Crippen LogP contribution in [0, 0.1) is 25.5 Å². The van der Waals surface area contributed by atoms with Crippen LogP contribution in [0.4, 0.5) is 26.0 Å². The zero-order valence-electron chi connectivity index (χ0n) is 19.5. The molecule has 0 aliphatic heterocycles. The van der Waals surface area contributed by atoms with Gasteiger partial charge in [0.25, 0.3) is 10.0 Å². The molecule has 0 amide bonds. The van der Waals surface area contributed by atoms with E-state index in [4.69, 9.17) is 23.2 Å². The number of nitrogens with one attached hydrogen (secondary N) is 2. The smallest absolute Gasteiger partial charge is 0.263 e. The predicted molar refractivity (Wildman–Crippen MR) is 139 cm³/mol. The largest absolute Gasteiger partial charge is 0.333 e. The molecule has 2 N–H and O–H groups in total. The van der Waals surface area contributed by atoms with Gasteiger partial charge in [-0.1, -0.05) is 29.3 Å². The van der Waals surface area contributed by atoms with E-state index in [2.05, 4.69) is 35.1 Å². The van der Waals surface area contributed by atoms with Crippen molar-refractivity contribution in [2.45, 2.75) is 18.7 Å². The second-order valence-corrected chi connectivity index (χ2v) is 10.4. The highest BCUT2D eigenvalue weighted by Gasteiger charge is 2.24. The van der Waals surface area contributed by atoms with Crippen molar-refractivity contribution in [1.29, 1.82) is 0 Å². The molecule has 0 aliphatic carbocycles. The first-order valence-corrected chi connectivity index (χ1v) is 13.0. The topological polar surface area (TPSA) is 128 Å². The Labute approximate surface area is 224 Å². The van der Waals surface area contributed by atoms with Crippen LogP contribution in [-0.4, -0.2) is 38.1 Å². The first-order valence-electron chi connectivity index (χ1n) is 10.8. The molecule has 5 rings (SSSR count). The van der Waals surface area contributed by atoms with Gasteiger partial charge in [0.2, 0.25) is 0 Å². The maximum absolute atomic E-state index is 15.5. The summed E-state index contributed by atoms with van der Waals surface area (Å²) in [5, 5.41) is 6.62. The summed E-state index contributed by atoms with van der Waals surface area (Å²) in [5.74, 6) is -0.752. The van der Waals surface area contributed by atoms with Gasteiger partial charge >= 0.3 is 0 Å². The molecule has 0 spiro atoms. The standard InChI is InChI=1S/C23H16Cl2F2N8O2S/c1-11-30-12(2)35(33-11)18-9-8-16-22(31-18)23(29-10-28-16)32-21-14(26)6-7-15(20(21)27)34-38(36,37)17-5-3-4-13(24)19(17)25/h3-10,34H,1-2H3,(H,28,29,32). The summed E-state index contributed by atoms with van der Waals surface area (Å²) in [7, 11) is -4.37. The summed E-state index contributed by atoms with van der Waals surface area (Å²) in [4.78, 5) is 16.6. The SMILES string of the molecule is Cc1nc(C)n(-c2ccc3ncnc(Nc4c(F)ccc(NS(=O)(=O)c5cccc(Cl)c5Cl)c4F)c3n2)n1. The Balaban J connectivity index is 1.54. The maximum atomic E-state index is 15.5. The monoisotopic (exact) mass is 576 g/mol. The Kier molecular flexibility index (Phi) is 6.59. The third-order valence-corrected chi connectivity index (χ3v) is 7.68. The molecule has 10 nitrogen and oxygen atoms in total. The molecule has 0 unspecified atom stereocenters. The van der Waals surface area contributed by atoms with Crippen LogP contribution in [0.5, 0.6) is 0 Å². The van der Waals surface area contributed by atoms with Gasteiger partial charge < -0.3 is 5.32 Å². The Morgan fingerprint density at radius 3 is 2.50 bits per heavy atom. The van der Waals surface area contributed by atoms with E-state index in [1.54, 1.807) is 26.0 Å². The van der Waals surface area contributed by atoms with E-state index in [0.717, 1.165) is 12.1 Å². The molecule has 3 aromatic heterocycles. The first-order chi connectivity index (χ1) is 18.0. The number of hydrogen-bond acceptors (Lipinski definition) is 8. The molecule has 0 atom stereocenters.